The molecule has 0 spiro atoms. The molecule has 0 aliphatic rings. The van der Waals surface area contributed by atoms with Gasteiger partial charge < -0.3 is 15.5 Å². The van der Waals surface area contributed by atoms with Crippen LogP contribution in [0.3, 0.4) is 0 Å². The molecule has 0 unspecified atom stereocenters. The van der Waals surface area contributed by atoms with Gasteiger partial charge in [0.05, 0.1) is 12.2 Å². The highest BCUT2D eigenvalue weighted by Gasteiger charge is 2.07. The van der Waals surface area contributed by atoms with Crippen LogP contribution in [-0.4, -0.2) is 28.8 Å². The molecular weight excluding hydrogens is 274 g/mol. The minimum atomic E-state index is -0.941. The molecule has 3 N–H and O–H groups in total. The molecule has 1 aromatic rings. The van der Waals surface area contributed by atoms with Crippen LogP contribution in [-0.2, 0) is 6.54 Å². The van der Waals surface area contributed by atoms with Gasteiger partial charge in [-0.1, -0.05) is 22.0 Å². The number of aliphatic hydroxyl groups excluding tert-OH is 1. The number of aliphatic hydroxyl groups is 1. The summed E-state index contributed by atoms with van der Waals surface area (Å²) in [6, 6.07) is 4.91. The van der Waals surface area contributed by atoms with E-state index in [-0.39, 0.29) is 18.2 Å². The van der Waals surface area contributed by atoms with Crippen molar-refractivity contribution in [3.05, 3.63) is 33.8 Å². The average molecular weight is 288 g/mol. The third-order valence-corrected chi connectivity index (χ3v) is 2.95. The number of carboxylic acid groups (broad SMARTS) is 1. The topological polar surface area (TPSA) is 69.6 Å². The Morgan fingerprint density at radius 1 is 1.56 bits per heavy atom. The Morgan fingerprint density at radius 3 is 2.75 bits per heavy atom. The van der Waals surface area contributed by atoms with Crippen molar-refractivity contribution in [1.29, 1.82) is 0 Å². The maximum absolute atomic E-state index is 10.7. The largest absolute Gasteiger partial charge is 0.478 e. The Kier molecular flexibility index (Phi) is 4.92. The number of rotatable bonds is 5. The second-order valence-electron chi connectivity index (χ2n) is 3.58. The summed E-state index contributed by atoms with van der Waals surface area (Å²) >= 11 is 3.32. The van der Waals surface area contributed by atoms with Gasteiger partial charge in [0.1, 0.15) is 0 Å². The van der Waals surface area contributed by atoms with Crippen LogP contribution in [0, 0.1) is 0 Å². The zero-order chi connectivity index (χ0) is 12.1. The second kappa shape index (κ2) is 5.98. The quantitative estimate of drug-likeness (QED) is 0.770. The number of hydrogen-bond donors (Lipinski definition) is 3. The van der Waals surface area contributed by atoms with Crippen molar-refractivity contribution in [2.45, 2.75) is 19.5 Å². The molecule has 0 fully saturated rings. The lowest BCUT2D eigenvalue weighted by Crippen LogP contribution is -2.28. The van der Waals surface area contributed by atoms with E-state index in [9.17, 15) is 4.79 Å². The normalized spacial score (nSPS) is 12.4. The first kappa shape index (κ1) is 13.2. The third-order valence-electron chi connectivity index (χ3n) is 2.21. The first-order valence-corrected chi connectivity index (χ1v) is 5.70. The molecule has 0 radical (unpaired) electrons. The summed E-state index contributed by atoms with van der Waals surface area (Å²) in [5, 5.41) is 20.7. The molecule has 0 aliphatic heterocycles. The Bertz CT molecular complexity index is 381. The Morgan fingerprint density at radius 2 is 2.25 bits per heavy atom. The predicted octanol–water partition coefficient (Wildman–Crippen LogP) is 1.62. The van der Waals surface area contributed by atoms with E-state index in [0.29, 0.717) is 6.54 Å². The minimum Gasteiger partial charge on any atom is -0.478 e. The van der Waals surface area contributed by atoms with E-state index < -0.39 is 5.97 Å². The summed E-state index contributed by atoms with van der Waals surface area (Å²) in [5.74, 6) is -0.941. The van der Waals surface area contributed by atoms with Gasteiger partial charge in [-0.2, -0.15) is 0 Å². The van der Waals surface area contributed by atoms with Crippen LogP contribution in [0.2, 0.25) is 0 Å². The molecule has 0 amide bonds. The molecule has 4 nitrogen and oxygen atoms in total. The lowest BCUT2D eigenvalue weighted by atomic mass is 10.1. The van der Waals surface area contributed by atoms with Crippen molar-refractivity contribution < 1.29 is 15.0 Å². The molecule has 5 heteroatoms. The molecule has 0 saturated heterocycles. The van der Waals surface area contributed by atoms with Crippen LogP contribution in [0.15, 0.2) is 22.7 Å². The molecule has 1 aromatic carbocycles. The van der Waals surface area contributed by atoms with Gasteiger partial charge in [0.15, 0.2) is 0 Å². The van der Waals surface area contributed by atoms with Crippen molar-refractivity contribution in [2.75, 3.05) is 6.61 Å². The number of hydrogen-bond acceptors (Lipinski definition) is 3. The zero-order valence-corrected chi connectivity index (χ0v) is 10.5. The van der Waals surface area contributed by atoms with Crippen LogP contribution >= 0.6 is 15.9 Å². The molecule has 1 rings (SSSR count). The van der Waals surface area contributed by atoms with Gasteiger partial charge in [0.25, 0.3) is 0 Å². The molecule has 0 aromatic heterocycles. The monoisotopic (exact) mass is 287 g/mol. The van der Waals surface area contributed by atoms with E-state index in [1.165, 1.54) is 0 Å². The summed E-state index contributed by atoms with van der Waals surface area (Å²) in [6.45, 7) is 2.53. The molecule has 0 saturated carbocycles. The lowest BCUT2D eigenvalue weighted by molar-refractivity contribution is 0.0697. The minimum absolute atomic E-state index is 0.0195. The number of aromatic carboxylic acids is 1. The van der Waals surface area contributed by atoms with E-state index in [0.717, 1.165) is 10.0 Å². The molecule has 0 heterocycles. The van der Waals surface area contributed by atoms with Crippen molar-refractivity contribution in [2.24, 2.45) is 0 Å². The highest BCUT2D eigenvalue weighted by atomic mass is 79.9. The fourth-order valence-corrected chi connectivity index (χ4v) is 1.69. The van der Waals surface area contributed by atoms with Gasteiger partial charge in [-0.05, 0) is 24.6 Å². The number of benzene rings is 1. The molecule has 0 aliphatic carbocycles. The Labute approximate surface area is 102 Å². The molecule has 16 heavy (non-hydrogen) atoms. The van der Waals surface area contributed by atoms with Gasteiger partial charge in [-0.15, -0.1) is 0 Å². The van der Waals surface area contributed by atoms with Crippen molar-refractivity contribution in [3.8, 4) is 0 Å². The Hall–Kier alpha value is -0.910. The summed E-state index contributed by atoms with van der Waals surface area (Å²) in [6.07, 6.45) is 0. The zero-order valence-electron chi connectivity index (χ0n) is 8.90. The van der Waals surface area contributed by atoms with Gasteiger partial charge in [0.2, 0.25) is 0 Å². The van der Waals surface area contributed by atoms with E-state index in [4.69, 9.17) is 10.2 Å². The van der Waals surface area contributed by atoms with E-state index in [1.54, 1.807) is 18.2 Å². The van der Waals surface area contributed by atoms with Gasteiger partial charge in [-0.25, -0.2) is 4.79 Å². The maximum Gasteiger partial charge on any atom is 0.335 e. The van der Waals surface area contributed by atoms with Crippen LogP contribution in [0.1, 0.15) is 22.8 Å². The van der Waals surface area contributed by atoms with Crippen LogP contribution in [0.5, 0.6) is 0 Å². The fraction of sp³-hybridized carbons (Fsp3) is 0.364. The first-order chi connectivity index (χ1) is 7.54. The number of nitrogens with one attached hydrogen (secondary N) is 1. The SMILES string of the molecule is C[C@@H](CO)NCc1ccc(C(=O)O)cc1Br. The first-order valence-electron chi connectivity index (χ1n) is 4.90. The van der Waals surface area contributed by atoms with Gasteiger partial charge in [0, 0.05) is 17.1 Å². The Balaban J connectivity index is 2.72. The van der Waals surface area contributed by atoms with E-state index in [1.807, 2.05) is 6.92 Å². The van der Waals surface area contributed by atoms with Crippen molar-refractivity contribution in [1.82, 2.24) is 5.32 Å². The average Bonchev–Trinajstić information content (AvgIpc) is 2.26. The number of halogens is 1. The lowest BCUT2D eigenvalue weighted by Gasteiger charge is -2.12. The predicted molar refractivity (Wildman–Crippen MR) is 64.5 cm³/mol. The second-order valence-corrected chi connectivity index (χ2v) is 4.43. The van der Waals surface area contributed by atoms with E-state index in [2.05, 4.69) is 21.2 Å². The highest BCUT2D eigenvalue weighted by Crippen LogP contribution is 2.18. The smallest absolute Gasteiger partial charge is 0.335 e. The van der Waals surface area contributed by atoms with E-state index >= 15 is 0 Å². The van der Waals surface area contributed by atoms with Crippen LogP contribution in [0.4, 0.5) is 0 Å². The molecule has 0 bridgehead atoms. The van der Waals surface area contributed by atoms with Crippen molar-refractivity contribution in [3.63, 3.8) is 0 Å². The summed E-state index contributed by atoms with van der Waals surface area (Å²) in [7, 11) is 0. The van der Waals surface area contributed by atoms with Crippen LogP contribution < -0.4 is 5.32 Å². The van der Waals surface area contributed by atoms with Crippen LogP contribution in [0.25, 0.3) is 0 Å². The molecule has 1 atom stereocenters. The summed E-state index contributed by atoms with van der Waals surface area (Å²) in [5.41, 5.74) is 1.22. The standard InChI is InChI=1S/C11H14BrNO3/c1-7(6-14)13-5-9-3-2-8(11(15)16)4-10(9)12/h2-4,7,13-14H,5-6H2,1H3,(H,15,16)/t7-/m0/s1. The molecule has 88 valence electrons. The maximum atomic E-state index is 10.7. The van der Waals surface area contributed by atoms with Gasteiger partial charge in [-0.3, -0.25) is 0 Å². The fourth-order valence-electron chi connectivity index (χ4n) is 1.17. The summed E-state index contributed by atoms with van der Waals surface area (Å²) < 4.78 is 0.755. The highest BCUT2D eigenvalue weighted by molar-refractivity contribution is 9.10. The van der Waals surface area contributed by atoms with Crippen molar-refractivity contribution >= 4 is 21.9 Å². The molecular formula is C11H14BrNO3. The number of carbonyl (C=O) groups is 1. The van der Waals surface area contributed by atoms with Gasteiger partial charge >= 0.3 is 5.97 Å². The number of carboxylic acids is 1. The summed E-state index contributed by atoms with van der Waals surface area (Å²) in [4.78, 5) is 10.7. The third kappa shape index (κ3) is 3.59.